The number of cyclic esters (lactones) is 1. The van der Waals surface area contributed by atoms with Gasteiger partial charge >= 0.3 is 13.6 Å². The first-order chi connectivity index (χ1) is 7.43. The van der Waals surface area contributed by atoms with E-state index in [4.69, 9.17) is 13.8 Å². The summed E-state index contributed by atoms with van der Waals surface area (Å²) in [5.41, 5.74) is 0. The summed E-state index contributed by atoms with van der Waals surface area (Å²) in [6.07, 6.45) is 1.56. The van der Waals surface area contributed by atoms with E-state index < -0.39 is 25.0 Å². The summed E-state index contributed by atoms with van der Waals surface area (Å²) in [4.78, 5) is 10.9. The summed E-state index contributed by atoms with van der Waals surface area (Å²) in [6.45, 7) is 1.60. The SMILES string of the molecule is CC[C@](O)([C@H]1C=CC(=O)O1)P(=O)(OC)OC. The fraction of sp³-hybridized carbons (Fsp3) is 0.667. The fourth-order valence-electron chi connectivity index (χ4n) is 1.56. The molecule has 0 aromatic carbocycles. The lowest BCUT2D eigenvalue weighted by Gasteiger charge is -2.35. The molecule has 1 heterocycles. The van der Waals surface area contributed by atoms with Crippen molar-refractivity contribution in [3.63, 3.8) is 0 Å². The molecule has 0 aromatic heterocycles. The van der Waals surface area contributed by atoms with Gasteiger partial charge in [-0.1, -0.05) is 6.92 Å². The quantitative estimate of drug-likeness (QED) is 0.580. The highest BCUT2D eigenvalue weighted by Crippen LogP contribution is 2.61. The highest BCUT2D eigenvalue weighted by molar-refractivity contribution is 7.55. The minimum absolute atomic E-state index is 0.0637. The molecular formula is C9H15O6P. The molecule has 0 aliphatic carbocycles. The zero-order chi connectivity index (χ0) is 12.4. The van der Waals surface area contributed by atoms with Gasteiger partial charge in [0.25, 0.3) is 0 Å². The van der Waals surface area contributed by atoms with Crippen molar-refractivity contribution in [2.75, 3.05) is 14.2 Å². The Labute approximate surface area is 93.7 Å². The molecule has 0 spiro atoms. The summed E-state index contributed by atoms with van der Waals surface area (Å²) in [6, 6.07) is 0. The van der Waals surface area contributed by atoms with Crippen molar-refractivity contribution >= 4 is 13.6 Å². The number of carbonyl (C=O) groups excluding carboxylic acids is 1. The normalized spacial score (nSPS) is 24.2. The monoisotopic (exact) mass is 250 g/mol. The molecule has 2 atom stereocenters. The minimum Gasteiger partial charge on any atom is -0.451 e. The third-order valence-electron chi connectivity index (χ3n) is 2.58. The van der Waals surface area contributed by atoms with E-state index in [0.717, 1.165) is 0 Å². The van der Waals surface area contributed by atoms with Gasteiger partial charge < -0.3 is 18.9 Å². The van der Waals surface area contributed by atoms with Crippen LogP contribution in [0.2, 0.25) is 0 Å². The van der Waals surface area contributed by atoms with Crippen molar-refractivity contribution in [1.82, 2.24) is 0 Å². The Hall–Kier alpha value is -0.680. The van der Waals surface area contributed by atoms with Crippen LogP contribution in [0.4, 0.5) is 0 Å². The fourth-order valence-corrected chi connectivity index (χ4v) is 3.18. The van der Waals surface area contributed by atoms with Gasteiger partial charge in [0, 0.05) is 20.3 Å². The van der Waals surface area contributed by atoms with Gasteiger partial charge in [0.2, 0.25) is 5.34 Å². The van der Waals surface area contributed by atoms with Crippen molar-refractivity contribution in [3.05, 3.63) is 12.2 Å². The van der Waals surface area contributed by atoms with Crippen LogP contribution >= 0.6 is 7.60 Å². The third-order valence-corrected chi connectivity index (χ3v) is 5.06. The summed E-state index contributed by atoms with van der Waals surface area (Å²) in [7, 11) is -1.41. The number of esters is 1. The van der Waals surface area contributed by atoms with Gasteiger partial charge in [-0.3, -0.25) is 4.57 Å². The van der Waals surface area contributed by atoms with Crippen LogP contribution in [0.15, 0.2) is 12.2 Å². The molecule has 0 bridgehead atoms. The highest BCUT2D eigenvalue weighted by atomic mass is 31.2. The van der Waals surface area contributed by atoms with E-state index in [1.807, 2.05) is 0 Å². The van der Waals surface area contributed by atoms with Gasteiger partial charge in [0.05, 0.1) is 0 Å². The number of hydrogen-bond donors (Lipinski definition) is 1. The maximum Gasteiger partial charge on any atom is 0.365 e. The smallest absolute Gasteiger partial charge is 0.365 e. The van der Waals surface area contributed by atoms with E-state index in [1.54, 1.807) is 6.92 Å². The maximum atomic E-state index is 12.2. The molecule has 0 fully saturated rings. The van der Waals surface area contributed by atoms with Crippen molar-refractivity contribution < 1.29 is 28.3 Å². The van der Waals surface area contributed by atoms with Crippen molar-refractivity contribution in [1.29, 1.82) is 0 Å². The van der Waals surface area contributed by atoms with E-state index in [2.05, 4.69) is 0 Å². The predicted octanol–water partition coefficient (Wildman–Crippen LogP) is 1.05. The third kappa shape index (κ3) is 1.94. The van der Waals surface area contributed by atoms with Crippen molar-refractivity contribution in [2.24, 2.45) is 0 Å². The van der Waals surface area contributed by atoms with Crippen LogP contribution < -0.4 is 0 Å². The predicted molar refractivity (Wildman–Crippen MR) is 55.9 cm³/mol. The lowest BCUT2D eigenvalue weighted by molar-refractivity contribution is -0.145. The van der Waals surface area contributed by atoms with Gasteiger partial charge in [0.1, 0.15) is 0 Å². The Kier molecular flexibility index (Phi) is 3.91. The average molecular weight is 250 g/mol. The molecule has 0 radical (unpaired) electrons. The number of carbonyl (C=O) groups is 1. The van der Waals surface area contributed by atoms with E-state index in [9.17, 15) is 14.5 Å². The molecule has 0 saturated carbocycles. The zero-order valence-electron chi connectivity index (χ0n) is 9.37. The van der Waals surface area contributed by atoms with Crippen LogP contribution in [0.25, 0.3) is 0 Å². The van der Waals surface area contributed by atoms with Crippen LogP contribution in [0.5, 0.6) is 0 Å². The largest absolute Gasteiger partial charge is 0.451 e. The molecule has 1 aliphatic rings. The highest BCUT2D eigenvalue weighted by Gasteiger charge is 2.55. The van der Waals surface area contributed by atoms with Gasteiger partial charge in [0.15, 0.2) is 6.10 Å². The van der Waals surface area contributed by atoms with E-state index in [0.29, 0.717) is 0 Å². The second kappa shape index (κ2) is 4.67. The Morgan fingerprint density at radius 3 is 2.44 bits per heavy atom. The lowest BCUT2D eigenvalue weighted by Crippen LogP contribution is -2.42. The number of aliphatic hydroxyl groups is 1. The first-order valence-corrected chi connectivity index (χ1v) is 6.30. The van der Waals surface area contributed by atoms with Crippen LogP contribution in [-0.4, -0.2) is 36.7 Å². The molecule has 1 rings (SSSR count). The first-order valence-electron chi connectivity index (χ1n) is 4.76. The Morgan fingerprint density at radius 2 is 2.12 bits per heavy atom. The second-order valence-electron chi connectivity index (χ2n) is 3.31. The Morgan fingerprint density at radius 1 is 1.56 bits per heavy atom. The van der Waals surface area contributed by atoms with Crippen molar-refractivity contribution in [2.45, 2.75) is 24.8 Å². The summed E-state index contributed by atoms with van der Waals surface area (Å²) < 4.78 is 26.5. The Bertz CT molecular complexity index is 344. The summed E-state index contributed by atoms with van der Waals surface area (Å²) in [5, 5.41) is 8.45. The molecule has 0 aromatic rings. The molecule has 0 amide bonds. The number of rotatable bonds is 5. The van der Waals surface area contributed by atoms with Gasteiger partial charge in [-0.2, -0.15) is 0 Å². The molecule has 1 aliphatic heterocycles. The molecule has 92 valence electrons. The van der Waals surface area contributed by atoms with Gasteiger partial charge in [-0.05, 0) is 12.5 Å². The van der Waals surface area contributed by atoms with E-state index in [1.165, 1.54) is 26.4 Å². The summed E-state index contributed by atoms with van der Waals surface area (Å²) >= 11 is 0. The number of hydrogen-bond acceptors (Lipinski definition) is 6. The van der Waals surface area contributed by atoms with Crippen LogP contribution in [0.1, 0.15) is 13.3 Å². The molecular weight excluding hydrogens is 235 g/mol. The summed E-state index contributed by atoms with van der Waals surface area (Å²) in [5.74, 6) is -0.587. The van der Waals surface area contributed by atoms with Crippen LogP contribution in [0, 0.1) is 0 Å². The standard InChI is InChI=1S/C9H15O6P/c1-4-9(11,16(12,13-2)14-3)7-5-6-8(10)15-7/h5-7,11H,4H2,1-3H3/t7-,9-/m1/s1. The molecule has 7 heteroatoms. The molecule has 1 N–H and O–H groups in total. The first kappa shape index (κ1) is 13.4. The van der Waals surface area contributed by atoms with E-state index >= 15 is 0 Å². The van der Waals surface area contributed by atoms with Gasteiger partial charge in [-0.15, -0.1) is 0 Å². The van der Waals surface area contributed by atoms with Crippen LogP contribution in [0.3, 0.4) is 0 Å². The Balaban J connectivity index is 3.06. The van der Waals surface area contributed by atoms with Crippen LogP contribution in [-0.2, 0) is 23.1 Å². The molecule has 6 nitrogen and oxygen atoms in total. The topological polar surface area (TPSA) is 82.1 Å². The van der Waals surface area contributed by atoms with Gasteiger partial charge in [-0.25, -0.2) is 4.79 Å². The average Bonchev–Trinajstić information content (AvgIpc) is 2.73. The second-order valence-corrected chi connectivity index (χ2v) is 5.81. The zero-order valence-corrected chi connectivity index (χ0v) is 10.3. The minimum atomic E-state index is -3.75. The lowest BCUT2D eigenvalue weighted by atomic mass is 10.1. The molecule has 0 saturated heterocycles. The van der Waals surface area contributed by atoms with Crippen molar-refractivity contribution in [3.8, 4) is 0 Å². The van der Waals surface area contributed by atoms with E-state index in [-0.39, 0.29) is 6.42 Å². The maximum absolute atomic E-state index is 12.2. The number of ether oxygens (including phenoxy) is 1. The molecule has 16 heavy (non-hydrogen) atoms. The molecule has 0 unspecified atom stereocenters.